The van der Waals surface area contributed by atoms with Gasteiger partial charge >= 0.3 is 0 Å². The first-order valence-corrected chi connectivity index (χ1v) is 6.02. The zero-order chi connectivity index (χ0) is 13.2. The molecule has 4 heteroatoms. The van der Waals surface area contributed by atoms with Crippen LogP contribution in [0.3, 0.4) is 0 Å². The minimum absolute atomic E-state index is 0.0882. The van der Waals surface area contributed by atoms with Crippen LogP contribution in [0.2, 0.25) is 0 Å². The molecule has 0 aliphatic carbocycles. The Morgan fingerprint density at radius 1 is 1.11 bits per heavy atom. The van der Waals surface area contributed by atoms with Gasteiger partial charge in [0.1, 0.15) is 17.3 Å². The molecule has 0 saturated carbocycles. The van der Waals surface area contributed by atoms with Gasteiger partial charge in [-0.2, -0.15) is 0 Å². The molecule has 0 unspecified atom stereocenters. The SMILES string of the molecule is CC(=O)Cc1ccc(-c2ccc3nccnc3c2)o1. The fourth-order valence-electron chi connectivity index (χ4n) is 1.99. The van der Waals surface area contributed by atoms with Gasteiger partial charge < -0.3 is 4.42 Å². The Kier molecular flexibility index (Phi) is 2.83. The van der Waals surface area contributed by atoms with Crippen LogP contribution < -0.4 is 0 Å². The zero-order valence-electron chi connectivity index (χ0n) is 10.5. The number of Topliss-reactive ketones (excluding diaryl/α,β-unsaturated/α-hetero) is 1. The highest BCUT2D eigenvalue weighted by Crippen LogP contribution is 2.24. The summed E-state index contributed by atoms with van der Waals surface area (Å²) in [6, 6.07) is 9.48. The van der Waals surface area contributed by atoms with E-state index in [1.165, 1.54) is 0 Å². The van der Waals surface area contributed by atoms with E-state index < -0.39 is 0 Å². The Hall–Kier alpha value is -2.49. The molecule has 0 atom stereocenters. The lowest BCUT2D eigenvalue weighted by molar-refractivity contribution is -0.116. The lowest BCUT2D eigenvalue weighted by Crippen LogP contribution is -1.93. The van der Waals surface area contributed by atoms with E-state index >= 15 is 0 Å². The molecule has 2 aromatic heterocycles. The number of aromatic nitrogens is 2. The highest BCUT2D eigenvalue weighted by Gasteiger charge is 2.07. The summed E-state index contributed by atoms with van der Waals surface area (Å²) in [7, 11) is 0. The number of nitrogens with zero attached hydrogens (tertiary/aromatic N) is 2. The van der Waals surface area contributed by atoms with Crippen molar-refractivity contribution in [3.63, 3.8) is 0 Å². The first-order valence-electron chi connectivity index (χ1n) is 6.02. The van der Waals surface area contributed by atoms with Crippen LogP contribution in [0, 0.1) is 0 Å². The van der Waals surface area contributed by atoms with Crippen molar-refractivity contribution in [3.05, 3.63) is 48.5 Å². The van der Waals surface area contributed by atoms with Crippen LogP contribution in [0.5, 0.6) is 0 Å². The molecule has 94 valence electrons. The number of hydrogen-bond acceptors (Lipinski definition) is 4. The van der Waals surface area contributed by atoms with Gasteiger partial charge in [0, 0.05) is 18.0 Å². The molecular formula is C15H12N2O2. The molecule has 0 spiro atoms. The number of ketones is 1. The van der Waals surface area contributed by atoms with Crippen LogP contribution in [-0.4, -0.2) is 15.8 Å². The lowest BCUT2D eigenvalue weighted by atomic mass is 10.1. The molecule has 0 aliphatic rings. The fourth-order valence-corrected chi connectivity index (χ4v) is 1.99. The van der Waals surface area contributed by atoms with Gasteiger partial charge in [0.05, 0.1) is 17.5 Å². The average Bonchev–Trinajstić information content (AvgIpc) is 2.86. The molecule has 2 heterocycles. The van der Waals surface area contributed by atoms with Gasteiger partial charge in [-0.15, -0.1) is 0 Å². The highest BCUT2D eigenvalue weighted by molar-refractivity contribution is 5.80. The monoisotopic (exact) mass is 252 g/mol. The van der Waals surface area contributed by atoms with Crippen molar-refractivity contribution in [2.45, 2.75) is 13.3 Å². The third kappa shape index (κ3) is 2.38. The third-order valence-electron chi connectivity index (χ3n) is 2.84. The normalized spacial score (nSPS) is 10.8. The van der Waals surface area contributed by atoms with E-state index in [1.54, 1.807) is 19.3 Å². The van der Waals surface area contributed by atoms with Crippen LogP contribution in [0.15, 0.2) is 47.1 Å². The number of fused-ring (bicyclic) bond motifs is 1. The molecule has 0 N–H and O–H groups in total. The second-order valence-corrected chi connectivity index (χ2v) is 4.40. The van der Waals surface area contributed by atoms with Gasteiger partial charge in [-0.3, -0.25) is 14.8 Å². The number of furan rings is 1. The Balaban J connectivity index is 1.99. The van der Waals surface area contributed by atoms with Gasteiger partial charge in [-0.05, 0) is 37.3 Å². The molecule has 3 rings (SSSR count). The summed E-state index contributed by atoms with van der Waals surface area (Å²) in [6.07, 6.45) is 3.66. The maximum atomic E-state index is 11.1. The Labute approximate surface area is 110 Å². The molecular weight excluding hydrogens is 240 g/mol. The summed E-state index contributed by atoms with van der Waals surface area (Å²) >= 11 is 0. The van der Waals surface area contributed by atoms with Crippen LogP contribution in [0.4, 0.5) is 0 Å². The topological polar surface area (TPSA) is 56.0 Å². The number of hydrogen-bond donors (Lipinski definition) is 0. The van der Waals surface area contributed by atoms with E-state index in [4.69, 9.17) is 4.42 Å². The smallest absolute Gasteiger partial charge is 0.137 e. The third-order valence-corrected chi connectivity index (χ3v) is 2.84. The molecule has 0 amide bonds. The van der Waals surface area contributed by atoms with Crippen molar-refractivity contribution in [1.82, 2.24) is 9.97 Å². The van der Waals surface area contributed by atoms with Crippen molar-refractivity contribution >= 4 is 16.8 Å². The number of carbonyl (C=O) groups excluding carboxylic acids is 1. The molecule has 0 fully saturated rings. The minimum Gasteiger partial charge on any atom is -0.461 e. The summed E-state index contributed by atoms with van der Waals surface area (Å²) in [6.45, 7) is 1.55. The number of carbonyl (C=O) groups is 1. The van der Waals surface area contributed by atoms with E-state index in [0.717, 1.165) is 22.4 Å². The molecule has 4 nitrogen and oxygen atoms in total. The summed E-state index contributed by atoms with van der Waals surface area (Å²) in [5.41, 5.74) is 2.61. The summed E-state index contributed by atoms with van der Waals surface area (Å²) < 4.78 is 5.66. The van der Waals surface area contributed by atoms with E-state index in [0.29, 0.717) is 12.2 Å². The Bertz CT molecular complexity index is 746. The molecule has 0 radical (unpaired) electrons. The fraction of sp³-hybridized carbons (Fsp3) is 0.133. The van der Waals surface area contributed by atoms with Crippen LogP contribution >= 0.6 is 0 Å². The highest BCUT2D eigenvalue weighted by atomic mass is 16.3. The molecule has 0 bridgehead atoms. The lowest BCUT2D eigenvalue weighted by Gasteiger charge is -1.99. The van der Waals surface area contributed by atoms with Crippen LogP contribution in [0.25, 0.3) is 22.4 Å². The average molecular weight is 252 g/mol. The number of benzene rings is 1. The van der Waals surface area contributed by atoms with E-state index in [-0.39, 0.29) is 5.78 Å². The van der Waals surface area contributed by atoms with E-state index in [9.17, 15) is 4.79 Å². The summed E-state index contributed by atoms with van der Waals surface area (Å²) in [5, 5.41) is 0. The van der Waals surface area contributed by atoms with Gasteiger partial charge in [0.25, 0.3) is 0 Å². The van der Waals surface area contributed by atoms with Gasteiger partial charge in [-0.1, -0.05) is 0 Å². The van der Waals surface area contributed by atoms with Crippen LogP contribution in [-0.2, 0) is 11.2 Å². The summed E-state index contributed by atoms with van der Waals surface area (Å²) in [5.74, 6) is 1.51. The van der Waals surface area contributed by atoms with E-state index in [2.05, 4.69) is 9.97 Å². The molecule has 3 aromatic rings. The number of rotatable bonds is 3. The zero-order valence-corrected chi connectivity index (χ0v) is 10.5. The Morgan fingerprint density at radius 2 is 1.89 bits per heavy atom. The predicted molar refractivity (Wildman–Crippen MR) is 71.6 cm³/mol. The van der Waals surface area contributed by atoms with Gasteiger partial charge in [0.2, 0.25) is 0 Å². The van der Waals surface area contributed by atoms with Gasteiger partial charge in [0.15, 0.2) is 0 Å². The minimum atomic E-state index is 0.0882. The van der Waals surface area contributed by atoms with Crippen molar-refractivity contribution in [2.24, 2.45) is 0 Å². The first-order chi connectivity index (χ1) is 9.22. The van der Waals surface area contributed by atoms with Crippen molar-refractivity contribution in [1.29, 1.82) is 0 Å². The molecule has 19 heavy (non-hydrogen) atoms. The largest absolute Gasteiger partial charge is 0.461 e. The van der Waals surface area contributed by atoms with Gasteiger partial charge in [-0.25, -0.2) is 0 Å². The second-order valence-electron chi connectivity index (χ2n) is 4.40. The molecule has 1 aromatic carbocycles. The molecule has 0 saturated heterocycles. The molecule has 0 aliphatic heterocycles. The quantitative estimate of drug-likeness (QED) is 0.719. The maximum Gasteiger partial charge on any atom is 0.137 e. The Morgan fingerprint density at radius 3 is 2.68 bits per heavy atom. The standard InChI is InChI=1S/C15H12N2O2/c1-10(18)8-12-3-5-15(19-12)11-2-4-13-14(9-11)17-7-6-16-13/h2-7,9H,8H2,1H3. The predicted octanol–water partition coefficient (Wildman–Crippen LogP) is 3.02. The second kappa shape index (κ2) is 4.65. The van der Waals surface area contributed by atoms with E-state index in [1.807, 2.05) is 30.3 Å². The van der Waals surface area contributed by atoms with Crippen molar-refractivity contribution < 1.29 is 9.21 Å². The first kappa shape index (κ1) is 11.6. The summed E-state index contributed by atoms with van der Waals surface area (Å²) in [4.78, 5) is 19.5. The van der Waals surface area contributed by atoms with Crippen LogP contribution in [0.1, 0.15) is 12.7 Å². The van der Waals surface area contributed by atoms with Crippen molar-refractivity contribution in [2.75, 3.05) is 0 Å². The maximum absolute atomic E-state index is 11.1. The van der Waals surface area contributed by atoms with Crippen molar-refractivity contribution in [3.8, 4) is 11.3 Å².